The van der Waals surface area contributed by atoms with Crippen molar-refractivity contribution in [2.75, 3.05) is 7.11 Å². The van der Waals surface area contributed by atoms with E-state index in [4.69, 9.17) is 0 Å². The molecular weight excluding hydrogens is 152 g/mol. The Hall–Kier alpha value is -0.940. The summed E-state index contributed by atoms with van der Waals surface area (Å²) in [5.41, 5.74) is 3.77. The number of hydrogen-bond acceptors (Lipinski definition) is 4. The smallest absolute Gasteiger partial charge is 0.277 e. The molecule has 1 N–H and O–H groups in total. The summed E-state index contributed by atoms with van der Waals surface area (Å²) in [5, 5.41) is 0. The van der Waals surface area contributed by atoms with Gasteiger partial charge in [0.2, 0.25) is 0 Å². The van der Waals surface area contributed by atoms with Gasteiger partial charge in [-0.05, 0) is 0 Å². The summed E-state index contributed by atoms with van der Waals surface area (Å²) in [5.74, 6) is -0.259. The van der Waals surface area contributed by atoms with Gasteiger partial charge >= 0.3 is 0 Å². The molecule has 1 rings (SSSR count). The second kappa shape index (κ2) is 3.28. The van der Waals surface area contributed by atoms with Gasteiger partial charge in [0.25, 0.3) is 5.91 Å². The lowest BCUT2D eigenvalue weighted by Gasteiger charge is -1.95. The monoisotopic (exact) mass is 158 g/mol. The fourth-order valence-corrected chi connectivity index (χ4v) is 0.977. The van der Waals surface area contributed by atoms with Crippen LogP contribution in [0.25, 0.3) is 0 Å². The van der Waals surface area contributed by atoms with Gasteiger partial charge in [0.1, 0.15) is 4.88 Å². The number of thiazole rings is 1. The normalized spacial score (nSPS) is 9.30. The van der Waals surface area contributed by atoms with Crippen LogP contribution >= 0.6 is 11.3 Å². The Morgan fingerprint density at radius 2 is 2.70 bits per heavy atom. The lowest BCUT2D eigenvalue weighted by molar-refractivity contribution is 0.0542. The van der Waals surface area contributed by atoms with Crippen LogP contribution in [-0.2, 0) is 4.84 Å². The van der Waals surface area contributed by atoms with Crippen molar-refractivity contribution < 1.29 is 9.63 Å². The van der Waals surface area contributed by atoms with E-state index in [1.54, 1.807) is 5.51 Å². The van der Waals surface area contributed by atoms with E-state index in [1.807, 2.05) is 0 Å². The van der Waals surface area contributed by atoms with Crippen LogP contribution in [0.5, 0.6) is 0 Å². The average molecular weight is 158 g/mol. The Morgan fingerprint density at radius 1 is 1.90 bits per heavy atom. The van der Waals surface area contributed by atoms with E-state index in [0.717, 1.165) is 0 Å². The van der Waals surface area contributed by atoms with Crippen molar-refractivity contribution in [3.05, 3.63) is 16.6 Å². The van der Waals surface area contributed by atoms with Crippen LogP contribution in [-0.4, -0.2) is 18.0 Å². The van der Waals surface area contributed by atoms with Crippen molar-refractivity contribution in [1.82, 2.24) is 10.5 Å². The third kappa shape index (κ3) is 1.52. The van der Waals surface area contributed by atoms with Crippen LogP contribution in [0.3, 0.4) is 0 Å². The topological polar surface area (TPSA) is 51.2 Å². The zero-order valence-corrected chi connectivity index (χ0v) is 6.14. The van der Waals surface area contributed by atoms with Crippen LogP contribution in [0.4, 0.5) is 0 Å². The summed E-state index contributed by atoms with van der Waals surface area (Å²) < 4.78 is 0. The molecule has 0 saturated heterocycles. The van der Waals surface area contributed by atoms with Crippen molar-refractivity contribution in [3.8, 4) is 0 Å². The Labute approximate surface area is 61.8 Å². The number of nitrogens with zero attached hydrogens (tertiary/aromatic N) is 1. The molecule has 0 aliphatic rings. The Kier molecular flexibility index (Phi) is 2.35. The summed E-state index contributed by atoms with van der Waals surface area (Å²) in [7, 11) is 1.39. The molecule has 0 atom stereocenters. The van der Waals surface area contributed by atoms with Crippen LogP contribution in [0.15, 0.2) is 11.7 Å². The first-order valence-electron chi connectivity index (χ1n) is 2.56. The maximum Gasteiger partial charge on any atom is 0.286 e. The number of aromatic nitrogens is 1. The largest absolute Gasteiger partial charge is 0.286 e. The number of carbonyl (C=O) groups is 1. The second-order valence-electron chi connectivity index (χ2n) is 1.50. The van der Waals surface area contributed by atoms with Crippen molar-refractivity contribution in [2.24, 2.45) is 0 Å². The Bertz CT molecular complexity index is 209. The first-order valence-corrected chi connectivity index (χ1v) is 3.44. The molecule has 0 saturated carbocycles. The molecule has 1 aromatic rings. The first-order chi connectivity index (χ1) is 4.84. The highest BCUT2D eigenvalue weighted by atomic mass is 32.1. The van der Waals surface area contributed by atoms with Gasteiger partial charge in [0, 0.05) is 0 Å². The number of hydroxylamine groups is 1. The highest BCUT2D eigenvalue weighted by Gasteiger charge is 2.04. The molecule has 0 aliphatic carbocycles. The maximum atomic E-state index is 10.8. The molecule has 0 unspecified atom stereocenters. The molecule has 1 heterocycles. The molecular formula is C5H6N2O2S. The van der Waals surface area contributed by atoms with Gasteiger partial charge < -0.3 is 0 Å². The van der Waals surface area contributed by atoms with Crippen molar-refractivity contribution in [1.29, 1.82) is 0 Å². The maximum absolute atomic E-state index is 10.8. The summed E-state index contributed by atoms with van der Waals surface area (Å²) in [4.78, 5) is 19.5. The lowest BCUT2D eigenvalue weighted by Crippen LogP contribution is -2.20. The van der Waals surface area contributed by atoms with E-state index in [1.165, 1.54) is 24.6 Å². The van der Waals surface area contributed by atoms with E-state index in [-0.39, 0.29) is 5.91 Å². The highest BCUT2D eigenvalue weighted by Crippen LogP contribution is 2.03. The summed E-state index contributed by atoms with van der Waals surface area (Å²) >= 11 is 1.27. The molecule has 0 radical (unpaired) electrons. The second-order valence-corrected chi connectivity index (χ2v) is 2.39. The highest BCUT2D eigenvalue weighted by molar-refractivity contribution is 7.11. The molecule has 0 fully saturated rings. The van der Waals surface area contributed by atoms with Crippen molar-refractivity contribution >= 4 is 17.2 Å². The minimum Gasteiger partial charge on any atom is -0.277 e. The molecule has 10 heavy (non-hydrogen) atoms. The van der Waals surface area contributed by atoms with Gasteiger partial charge in [0.05, 0.1) is 18.8 Å². The Morgan fingerprint density at radius 3 is 3.20 bits per heavy atom. The minimum atomic E-state index is -0.259. The quantitative estimate of drug-likeness (QED) is 0.635. The van der Waals surface area contributed by atoms with Gasteiger partial charge in [-0.25, -0.2) is 5.48 Å². The van der Waals surface area contributed by atoms with E-state index < -0.39 is 0 Å². The molecule has 1 amide bonds. The van der Waals surface area contributed by atoms with Crippen molar-refractivity contribution in [3.63, 3.8) is 0 Å². The number of rotatable bonds is 2. The predicted octanol–water partition coefficient (Wildman–Crippen LogP) is 0.434. The predicted molar refractivity (Wildman–Crippen MR) is 36.6 cm³/mol. The minimum absolute atomic E-state index is 0.259. The summed E-state index contributed by atoms with van der Waals surface area (Å²) in [6, 6.07) is 0. The average Bonchev–Trinajstić information content (AvgIpc) is 2.38. The molecule has 0 spiro atoms. The van der Waals surface area contributed by atoms with Gasteiger partial charge in [-0.15, -0.1) is 11.3 Å². The van der Waals surface area contributed by atoms with E-state index >= 15 is 0 Å². The van der Waals surface area contributed by atoms with Gasteiger partial charge in [-0.1, -0.05) is 0 Å². The SMILES string of the molecule is CONC(=O)c1cncs1. The zero-order valence-electron chi connectivity index (χ0n) is 5.33. The van der Waals surface area contributed by atoms with E-state index in [2.05, 4.69) is 15.3 Å². The standard InChI is InChI=1S/C5H6N2O2S/c1-9-7-5(8)4-2-6-3-10-4/h2-3H,1H3,(H,7,8). The molecule has 0 bridgehead atoms. The van der Waals surface area contributed by atoms with Crippen LogP contribution in [0.2, 0.25) is 0 Å². The number of nitrogens with one attached hydrogen (secondary N) is 1. The molecule has 1 aromatic heterocycles. The zero-order chi connectivity index (χ0) is 7.40. The Balaban J connectivity index is 2.59. The fraction of sp³-hybridized carbons (Fsp3) is 0.200. The number of amides is 1. The van der Waals surface area contributed by atoms with Crippen LogP contribution in [0, 0.1) is 0 Å². The third-order valence-electron chi connectivity index (χ3n) is 0.851. The number of carbonyl (C=O) groups excluding carboxylic acids is 1. The molecule has 54 valence electrons. The summed E-state index contributed by atoms with van der Waals surface area (Å²) in [6.45, 7) is 0. The number of hydrogen-bond donors (Lipinski definition) is 1. The summed E-state index contributed by atoms with van der Waals surface area (Å²) in [6.07, 6.45) is 1.49. The third-order valence-corrected chi connectivity index (χ3v) is 1.62. The van der Waals surface area contributed by atoms with E-state index in [0.29, 0.717) is 4.88 Å². The molecule has 0 aliphatic heterocycles. The van der Waals surface area contributed by atoms with Crippen molar-refractivity contribution in [2.45, 2.75) is 0 Å². The van der Waals surface area contributed by atoms with E-state index in [9.17, 15) is 4.79 Å². The lowest BCUT2D eigenvalue weighted by atomic mass is 10.5. The van der Waals surface area contributed by atoms with Gasteiger partial charge in [-0.2, -0.15) is 0 Å². The van der Waals surface area contributed by atoms with Gasteiger partial charge in [0.15, 0.2) is 0 Å². The van der Waals surface area contributed by atoms with Gasteiger partial charge in [-0.3, -0.25) is 14.6 Å². The molecule has 5 heteroatoms. The van der Waals surface area contributed by atoms with Crippen LogP contribution in [0.1, 0.15) is 9.67 Å². The first kappa shape index (κ1) is 7.17. The fourth-order valence-electron chi connectivity index (χ4n) is 0.471. The molecule has 0 aromatic carbocycles. The molecule has 4 nitrogen and oxygen atoms in total. The van der Waals surface area contributed by atoms with Crippen LogP contribution < -0.4 is 5.48 Å².